The van der Waals surface area contributed by atoms with Gasteiger partial charge in [-0.15, -0.1) is 24.0 Å². The van der Waals surface area contributed by atoms with Gasteiger partial charge in [0.15, 0.2) is 5.96 Å². The number of benzene rings is 1. The van der Waals surface area contributed by atoms with Crippen LogP contribution in [0.15, 0.2) is 17.1 Å². The van der Waals surface area contributed by atoms with E-state index in [0.29, 0.717) is 49.3 Å². The number of methoxy groups -OCH3 is 3. The number of hydrogen-bond acceptors (Lipinski definition) is 6. The lowest BCUT2D eigenvalue weighted by Gasteiger charge is -2.20. The maximum Gasteiger partial charge on any atom is 0.407 e. The summed E-state index contributed by atoms with van der Waals surface area (Å²) in [4.78, 5) is 16.3. The van der Waals surface area contributed by atoms with Crippen molar-refractivity contribution in [1.82, 2.24) is 16.0 Å². The number of halogens is 1. The van der Waals surface area contributed by atoms with Crippen LogP contribution in [0.2, 0.25) is 0 Å². The van der Waals surface area contributed by atoms with E-state index in [1.165, 1.54) is 0 Å². The van der Waals surface area contributed by atoms with E-state index in [9.17, 15) is 4.79 Å². The maximum atomic E-state index is 11.7. The fourth-order valence-corrected chi connectivity index (χ4v) is 2.61. The zero-order chi connectivity index (χ0) is 22.6. The zero-order valence-electron chi connectivity index (χ0n) is 19.6. The summed E-state index contributed by atoms with van der Waals surface area (Å²) < 4.78 is 21.5. The number of amides is 1. The van der Waals surface area contributed by atoms with Crippen molar-refractivity contribution in [3.8, 4) is 17.2 Å². The Kier molecular flexibility index (Phi) is 13.8. The van der Waals surface area contributed by atoms with Gasteiger partial charge in [0.2, 0.25) is 0 Å². The third-order valence-electron chi connectivity index (χ3n) is 3.88. The van der Waals surface area contributed by atoms with Crippen LogP contribution >= 0.6 is 24.0 Å². The Morgan fingerprint density at radius 3 is 2.03 bits per heavy atom. The predicted molar refractivity (Wildman–Crippen MR) is 133 cm³/mol. The average molecular weight is 552 g/mol. The minimum absolute atomic E-state index is 0. The minimum atomic E-state index is -0.516. The largest absolute Gasteiger partial charge is 0.496 e. The van der Waals surface area contributed by atoms with Gasteiger partial charge in [0, 0.05) is 43.9 Å². The monoisotopic (exact) mass is 552 g/mol. The van der Waals surface area contributed by atoms with Gasteiger partial charge in [-0.2, -0.15) is 0 Å². The van der Waals surface area contributed by atoms with Crippen LogP contribution < -0.4 is 30.2 Å². The van der Waals surface area contributed by atoms with Crippen molar-refractivity contribution < 1.29 is 23.7 Å². The summed E-state index contributed by atoms with van der Waals surface area (Å²) in [6.45, 7) is 9.65. The number of rotatable bonds is 10. The number of hydrogen-bond donors (Lipinski definition) is 3. The van der Waals surface area contributed by atoms with Gasteiger partial charge in [-0.05, 0) is 34.1 Å². The number of alkyl carbamates (subject to hydrolysis) is 1. The third-order valence-corrected chi connectivity index (χ3v) is 3.88. The normalized spacial score (nSPS) is 11.1. The molecule has 1 amide bonds. The molecule has 0 aliphatic heterocycles. The second-order valence-corrected chi connectivity index (χ2v) is 7.38. The van der Waals surface area contributed by atoms with E-state index in [-0.39, 0.29) is 24.0 Å². The number of nitrogens with one attached hydrogen (secondary N) is 3. The Hall–Kier alpha value is -2.11. The molecule has 0 atom stereocenters. The van der Waals surface area contributed by atoms with Gasteiger partial charge in [0.05, 0.1) is 21.3 Å². The van der Waals surface area contributed by atoms with Crippen LogP contribution in [0.3, 0.4) is 0 Å². The molecule has 0 aliphatic carbocycles. The van der Waals surface area contributed by atoms with Crippen LogP contribution in [-0.2, 0) is 11.2 Å². The lowest BCUT2D eigenvalue weighted by Crippen LogP contribution is -2.42. The highest BCUT2D eigenvalue weighted by molar-refractivity contribution is 14.0. The van der Waals surface area contributed by atoms with Crippen molar-refractivity contribution >= 4 is 36.0 Å². The molecule has 0 unspecified atom stereocenters. The summed E-state index contributed by atoms with van der Waals surface area (Å²) in [7, 11) is 4.83. The second kappa shape index (κ2) is 14.8. The van der Waals surface area contributed by atoms with Crippen LogP contribution in [0.1, 0.15) is 33.3 Å². The third kappa shape index (κ3) is 11.2. The lowest BCUT2D eigenvalue weighted by molar-refractivity contribution is 0.0529. The van der Waals surface area contributed by atoms with Gasteiger partial charge in [-0.1, -0.05) is 0 Å². The number of aliphatic imine (C=N–C) groups is 1. The van der Waals surface area contributed by atoms with Crippen molar-refractivity contribution in [2.24, 2.45) is 4.99 Å². The molecule has 0 spiro atoms. The predicted octanol–water partition coefficient (Wildman–Crippen LogP) is 2.95. The van der Waals surface area contributed by atoms with E-state index in [2.05, 4.69) is 20.9 Å². The van der Waals surface area contributed by atoms with E-state index < -0.39 is 11.7 Å². The zero-order valence-corrected chi connectivity index (χ0v) is 21.9. The fourth-order valence-electron chi connectivity index (χ4n) is 2.61. The van der Waals surface area contributed by atoms with Crippen LogP contribution in [-0.4, -0.2) is 65.2 Å². The van der Waals surface area contributed by atoms with E-state index in [1.54, 1.807) is 21.3 Å². The average Bonchev–Trinajstić information content (AvgIpc) is 2.69. The van der Waals surface area contributed by atoms with Crippen molar-refractivity contribution in [2.45, 2.75) is 39.7 Å². The van der Waals surface area contributed by atoms with Gasteiger partial charge < -0.3 is 34.9 Å². The van der Waals surface area contributed by atoms with Gasteiger partial charge in [-0.3, -0.25) is 4.99 Å². The van der Waals surface area contributed by atoms with Crippen LogP contribution in [0, 0.1) is 0 Å². The first kappa shape index (κ1) is 28.9. The molecule has 0 fully saturated rings. The molecule has 178 valence electrons. The molecule has 31 heavy (non-hydrogen) atoms. The van der Waals surface area contributed by atoms with Crippen LogP contribution in [0.5, 0.6) is 17.2 Å². The highest BCUT2D eigenvalue weighted by Crippen LogP contribution is 2.34. The molecule has 0 saturated carbocycles. The molecule has 1 rings (SSSR count). The maximum absolute atomic E-state index is 11.7. The number of nitrogens with zero attached hydrogens (tertiary/aromatic N) is 1. The second-order valence-electron chi connectivity index (χ2n) is 7.38. The molecule has 0 aromatic heterocycles. The summed E-state index contributed by atoms with van der Waals surface area (Å²) in [5.74, 6) is 2.72. The number of carbonyl (C=O) groups is 1. The molecule has 9 nitrogen and oxygen atoms in total. The van der Waals surface area contributed by atoms with E-state index in [1.807, 2.05) is 39.8 Å². The first-order chi connectivity index (χ1) is 14.2. The van der Waals surface area contributed by atoms with Gasteiger partial charge in [0.1, 0.15) is 22.8 Å². The van der Waals surface area contributed by atoms with Crippen molar-refractivity contribution in [2.75, 3.05) is 47.5 Å². The molecule has 10 heteroatoms. The van der Waals surface area contributed by atoms with Gasteiger partial charge in [-0.25, -0.2) is 4.79 Å². The topological polar surface area (TPSA) is 102 Å². The summed E-state index contributed by atoms with van der Waals surface area (Å²) >= 11 is 0. The first-order valence-corrected chi connectivity index (χ1v) is 10.0. The number of ether oxygens (including phenoxy) is 4. The Morgan fingerprint density at radius 1 is 0.968 bits per heavy atom. The number of carbonyl (C=O) groups excluding carboxylic acids is 1. The first-order valence-electron chi connectivity index (χ1n) is 10.0. The quantitative estimate of drug-likeness (QED) is 0.178. The molecule has 1 aromatic carbocycles. The Balaban J connectivity index is 0.00000900. The molecule has 0 radical (unpaired) electrons. The van der Waals surface area contributed by atoms with E-state index >= 15 is 0 Å². The molecule has 3 N–H and O–H groups in total. The smallest absolute Gasteiger partial charge is 0.407 e. The van der Waals surface area contributed by atoms with E-state index in [0.717, 1.165) is 12.1 Å². The minimum Gasteiger partial charge on any atom is -0.496 e. The molecular weight excluding hydrogens is 515 g/mol. The summed E-state index contributed by atoms with van der Waals surface area (Å²) in [6.07, 6.45) is 0.188. The highest BCUT2D eigenvalue weighted by atomic mass is 127. The fraction of sp³-hybridized carbons (Fsp3) is 0.619. The molecular formula is C21H37IN4O5. The summed E-state index contributed by atoms with van der Waals surface area (Å²) in [6, 6.07) is 3.65. The summed E-state index contributed by atoms with van der Waals surface area (Å²) in [5.41, 5.74) is 0.407. The standard InChI is InChI=1S/C21H36N4O5.HI/c1-8-22-19(24-11-12-25-20(26)30-21(2,3)4)23-10-9-16-17(28-6)13-15(27-5)14-18(16)29-7;/h13-14H,8-12H2,1-7H3,(H,25,26)(H2,22,23,24);1H. The number of guanidine groups is 1. The summed E-state index contributed by atoms with van der Waals surface area (Å²) in [5, 5.41) is 9.08. The molecule has 0 heterocycles. The molecule has 0 bridgehead atoms. The Morgan fingerprint density at radius 2 is 1.55 bits per heavy atom. The SMILES string of the molecule is CCNC(=NCCc1c(OC)cc(OC)cc1OC)NCCNC(=O)OC(C)(C)C.I. The van der Waals surface area contributed by atoms with E-state index in [4.69, 9.17) is 18.9 Å². The van der Waals surface area contributed by atoms with Gasteiger partial charge >= 0.3 is 6.09 Å². The Bertz CT molecular complexity index is 682. The Labute approximate surface area is 202 Å². The van der Waals surface area contributed by atoms with Crippen molar-refractivity contribution in [3.05, 3.63) is 17.7 Å². The molecule has 1 aromatic rings. The van der Waals surface area contributed by atoms with Gasteiger partial charge in [0.25, 0.3) is 0 Å². The van der Waals surface area contributed by atoms with Crippen molar-refractivity contribution in [3.63, 3.8) is 0 Å². The highest BCUT2D eigenvalue weighted by Gasteiger charge is 2.15. The van der Waals surface area contributed by atoms with Crippen LogP contribution in [0.4, 0.5) is 4.79 Å². The van der Waals surface area contributed by atoms with Crippen molar-refractivity contribution in [1.29, 1.82) is 0 Å². The molecule has 0 aliphatic rings. The molecule has 0 saturated heterocycles. The lowest BCUT2D eigenvalue weighted by atomic mass is 10.1. The van der Waals surface area contributed by atoms with Crippen LogP contribution in [0.25, 0.3) is 0 Å².